The van der Waals surface area contributed by atoms with Gasteiger partial charge in [0.1, 0.15) is 5.60 Å². The largest absolute Gasteiger partial charge is 0.444 e. The Labute approximate surface area is 138 Å². The molecule has 2 N–H and O–H groups in total. The number of carbonyl (C=O) groups excluding carboxylic acids is 1. The summed E-state index contributed by atoms with van der Waals surface area (Å²) in [6.45, 7) is 8.13. The highest BCUT2D eigenvalue weighted by Gasteiger charge is 2.31. The summed E-state index contributed by atoms with van der Waals surface area (Å²) in [6.07, 6.45) is 0.412. The average Bonchev–Trinajstić information content (AvgIpc) is 2.48. The van der Waals surface area contributed by atoms with E-state index in [9.17, 15) is 9.90 Å². The van der Waals surface area contributed by atoms with E-state index in [2.05, 4.69) is 22.3 Å². The molecule has 0 aromatic heterocycles. The van der Waals surface area contributed by atoms with Gasteiger partial charge in [-0.3, -0.25) is 4.90 Å². The first-order valence-electron chi connectivity index (χ1n) is 8.24. The molecule has 128 valence electrons. The van der Waals surface area contributed by atoms with Crippen LogP contribution in [0.1, 0.15) is 32.8 Å². The van der Waals surface area contributed by atoms with Crippen molar-refractivity contribution in [3.63, 3.8) is 0 Å². The molecule has 0 radical (unpaired) electrons. The minimum Gasteiger partial charge on any atom is -0.444 e. The fourth-order valence-corrected chi connectivity index (χ4v) is 2.93. The Hall–Kier alpha value is -1.59. The van der Waals surface area contributed by atoms with Crippen molar-refractivity contribution >= 4 is 6.09 Å². The van der Waals surface area contributed by atoms with Crippen LogP contribution < -0.4 is 5.32 Å². The van der Waals surface area contributed by atoms with Gasteiger partial charge in [-0.15, -0.1) is 0 Å². The number of amides is 1. The summed E-state index contributed by atoms with van der Waals surface area (Å²) in [5, 5.41) is 12.6. The molecule has 5 nitrogen and oxygen atoms in total. The molecule has 1 aliphatic rings. The summed E-state index contributed by atoms with van der Waals surface area (Å²) >= 11 is 0. The summed E-state index contributed by atoms with van der Waals surface area (Å²) < 4.78 is 5.31. The molecule has 1 saturated heterocycles. The third-order valence-corrected chi connectivity index (χ3v) is 4.00. The van der Waals surface area contributed by atoms with E-state index >= 15 is 0 Å². The summed E-state index contributed by atoms with van der Waals surface area (Å²) in [7, 11) is 0. The second-order valence-electron chi connectivity index (χ2n) is 7.20. The van der Waals surface area contributed by atoms with Crippen molar-refractivity contribution in [3.05, 3.63) is 35.9 Å². The van der Waals surface area contributed by atoms with Crippen molar-refractivity contribution in [1.82, 2.24) is 10.2 Å². The number of rotatable bonds is 4. The van der Waals surface area contributed by atoms with Gasteiger partial charge in [-0.25, -0.2) is 4.79 Å². The number of piperidine rings is 1. The maximum Gasteiger partial charge on any atom is 0.407 e. The average molecular weight is 320 g/mol. The van der Waals surface area contributed by atoms with Gasteiger partial charge in [0.25, 0.3) is 0 Å². The van der Waals surface area contributed by atoms with Crippen LogP contribution in [0.3, 0.4) is 0 Å². The summed E-state index contributed by atoms with van der Waals surface area (Å²) in [5.41, 5.74) is 0.759. The molecular weight excluding hydrogens is 292 g/mol. The fraction of sp³-hybridized carbons (Fsp3) is 0.611. The van der Waals surface area contributed by atoms with Gasteiger partial charge in [-0.05, 0) is 32.8 Å². The molecule has 0 saturated carbocycles. The van der Waals surface area contributed by atoms with Crippen LogP contribution in [0.5, 0.6) is 0 Å². The van der Waals surface area contributed by atoms with Gasteiger partial charge in [0.2, 0.25) is 0 Å². The van der Waals surface area contributed by atoms with E-state index in [4.69, 9.17) is 4.74 Å². The molecule has 1 heterocycles. The van der Waals surface area contributed by atoms with Gasteiger partial charge in [0.05, 0.1) is 0 Å². The third-order valence-electron chi connectivity index (χ3n) is 4.00. The normalized spacial score (nSPS) is 22.6. The Morgan fingerprint density at radius 2 is 2.04 bits per heavy atom. The van der Waals surface area contributed by atoms with E-state index in [0.717, 1.165) is 26.1 Å². The second-order valence-corrected chi connectivity index (χ2v) is 7.20. The zero-order chi connectivity index (χ0) is 16.9. The van der Waals surface area contributed by atoms with Crippen LogP contribution in [-0.2, 0) is 11.3 Å². The van der Waals surface area contributed by atoms with Gasteiger partial charge in [-0.2, -0.15) is 0 Å². The Kier molecular flexibility index (Phi) is 6.02. The minimum atomic E-state index is -0.507. The molecule has 1 amide bonds. The lowest BCUT2D eigenvalue weighted by atomic mass is 9.92. The van der Waals surface area contributed by atoms with Gasteiger partial charge in [0.15, 0.2) is 0 Å². The Bertz CT molecular complexity index is 499. The molecule has 2 atom stereocenters. The number of alkyl carbamates (subject to hydrolysis) is 1. The van der Waals surface area contributed by atoms with Crippen LogP contribution in [-0.4, -0.2) is 47.4 Å². The zero-order valence-corrected chi connectivity index (χ0v) is 14.3. The predicted octanol–water partition coefficient (Wildman–Crippen LogP) is 2.39. The van der Waals surface area contributed by atoms with Crippen molar-refractivity contribution in [2.45, 2.75) is 45.4 Å². The maximum absolute atomic E-state index is 11.9. The summed E-state index contributed by atoms with van der Waals surface area (Å²) in [4.78, 5) is 14.3. The highest BCUT2D eigenvalue weighted by molar-refractivity contribution is 5.68. The number of nitrogens with one attached hydrogen (secondary N) is 1. The molecule has 1 aromatic carbocycles. The monoisotopic (exact) mass is 320 g/mol. The van der Waals surface area contributed by atoms with Gasteiger partial charge < -0.3 is 15.2 Å². The number of hydrogen-bond acceptors (Lipinski definition) is 4. The minimum absolute atomic E-state index is 0.0278. The van der Waals surface area contributed by atoms with Crippen LogP contribution in [0.2, 0.25) is 0 Å². The number of nitrogens with zero attached hydrogens (tertiary/aromatic N) is 1. The van der Waals surface area contributed by atoms with Crippen molar-refractivity contribution in [2.24, 2.45) is 5.92 Å². The first-order chi connectivity index (χ1) is 10.9. The molecule has 1 aliphatic heterocycles. The number of likely N-dealkylation sites (tertiary alicyclic amines) is 1. The standard InChI is InChI=1S/C18H28N2O3/c1-18(2,3)23-17(22)19-16-9-10-20(12-15(16)13-21)11-14-7-5-4-6-8-14/h4-8,15-16,21H,9-13H2,1-3H3,(H,19,22)/t15-,16+/m1/s1. The molecule has 23 heavy (non-hydrogen) atoms. The summed E-state index contributed by atoms with van der Waals surface area (Å²) in [6, 6.07) is 10.3. The molecule has 0 aliphatic carbocycles. The van der Waals surface area contributed by atoms with Crippen LogP contribution in [0.25, 0.3) is 0 Å². The Morgan fingerprint density at radius 3 is 2.65 bits per heavy atom. The predicted molar refractivity (Wildman–Crippen MR) is 90.1 cm³/mol. The van der Waals surface area contributed by atoms with E-state index in [1.54, 1.807) is 0 Å². The van der Waals surface area contributed by atoms with Crippen LogP contribution in [0.4, 0.5) is 4.79 Å². The first kappa shape index (κ1) is 17.8. The number of aliphatic hydroxyl groups is 1. The van der Waals surface area contributed by atoms with Crippen molar-refractivity contribution < 1.29 is 14.6 Å². The van der Waals surface area contributed by atoms with E-state index in [1.807, 2.05) is 39.0 Å². The molecule has 5 heteroatoms. The first-order valence-corrected chi connectivity index (χ1v) is 8.24. The number of hydrogen-bond donors (Lipinski definition) is 2. The third kappa shape index (κ3) is 5.84. The molecule has 1 aromatic rings. The van der Waals surface area contributed by atoms with Gasteiger partial charge in [-0.1, -0.05) is 30.3 Å². The molecule has 2 rings (SSSR count). The van der Waals surface area contributed by atoms with Crippen LogP contribution in [0, 0.1) is 5.92 Å². The van der Waals surface area contributed by atoms with Gasteiger partial charge >= 0.3 is 6.09 Å². The molecule has 0 bridgehead atoms. The lowest BCUT2D eigenvalue weighted by molar-refractivity contribution is 0.0376. The SMILES string of the molecule is CC(C)(C)OC(=O)N[C@H]1CCN(Cc2ccccc2)C[C@@H]1CO. The van der Waals surface area contributed by atoms with E-state index in [0.29, 0.717) is 0 Å². The quantitative estimate of drug-likeness (QED) is 0.894. The smallest absolute Gasteiger partial charge is 0.407 e. The topological polar surface area (TPSA) is 61.8 Å². The van der Waals surface area contributed by atoms with Crippen LogP contribution >= 0.6 is 0 Å². The Balaban J connectivity index is 1.87. The number of benzene rings is 1. The van der Waals surface area contributed by atoms with Crippen molar-refractivity contribution in [3.8, 4) is 0 Å². The number of aliphatic hydroxyl groups excluding tert-OH is 1. The molecule has 0 unspecified atom stereocenters. The second kappa shape index (κ2) is 7.79. The summed E-state index contributed by atoms with van der Waals surface area (Å²) in [5.74, 6) is 0.0278. The lowest BCUT2D eigenvalue weighted by Gasteiger charge is -2.38. The zero-order valence-electron chi connectivity index (χ0n) is 14.3. The van der Waals surface area contributed by atoms with Gasteiger partial charge in [0, 0.05) is 38.2 Å². The number of ether oxygens (including phenoxy) is 1. The van der Waals surface area contributed by atoms with E-state index < -0.39 is 11.7 Å². The maximum atomic E-state index is 11.9. The molecule has 0 spiro atoms. The highest BCUT2D eigenvalue weighted by Crippen LogP contribution is 2.20. The highest BCUT2D eigenvalue weighted by atomic mass is 16.6. The molecule has 1 fully saturated rings. The lowest BCUT2D eigenvalue weighted by Crippen LogP contribution is -2.52. The Morgan fingerprint density at radius 1 is 1.35 bits per heavy atom. The van der Waals surface area contributed by atoms with E-state index in [-0.39, 0.29) is 18.6 Å². The number of carbonyl (C=O) groups is 1. The van der Waals surface area contributed by atoms with Crippen molar-refractivity contribution in [2.75, 3.05) is 19.7 Å². The van der Waals surface area contributed by atoms with Crippen molar-refractivity contribution in [1.29, 1.82) is 0 Å². The van der Waals surface area contributed by atoms with Crippen LogP contribution in [0.15, 0.2) is 30.3 Å². The van der Waals surface area contributed by atoms with E-state index in [1.165, 1.54) is 5.56 Å². The molecular formula is C18H28N2O3. The fourth-order valence-electron chi connectivity index (χ4n) is 2.93.